The van der Waals surface area contributed by atoms with Crippen molar-refractivity contribution in [2.24, 2.45) is 0 Å². The average molecular weight is 249 g/mol. The van der Waals surface area contributed by atoms with E-state index in [9.17, 15) is 0 Å². The second-order valence-corrected chi connectivity index (χ2v) is 5.04. The van der Waals surface area contributed by atoms with Crippen LogP contribution in [0.5, 0.6) is 0 Å². The van der Waals surface area contributed by atoms with E-state index in [1.807, 2.05) is 19.1 Å². The van der Waals surface area contributed by atoms with E-state index in [2.05, 4.69) is 17.0 Å². The van der Waals surface area contributed by atoms with Gasteiger partial charge >= 0.3 is 0 Å². The molecule has 1 aliphatic rings. The molecule has 0 bridgehead atoms. The Kier molecular flexibility index (Phi) is 3.91. The van der Waals surface area contributed by atoms with E-state index in [0.29, 0.717) is 5.02 Å². The summed E-state index contributed by atoms with van der Waals surface area (Å²) >= 11 is 6.03. The summed E-state index contributed by atoms with van der Waals surface area (Å²) in [5.74, 6) is -0.106. The van der Waals surface area contributed by atoms with E-state index in [1.165, 1.54) is 24.9 Å². The van der Waals surface area contributed by atoms with Crippen molar-refractivity contribution >= 4 is 17.3 Å². The molecular weight excluding hydrogens is 232 g/mol. The van der Waals surface area contributed by atoms with Crippen molar-refractivity contribution in [3.05, 3.63) is 28.8 Å². The van der Waals surface area contributed by atoms with Gasteiger partial charge in [-0.05, 0) is 49.9 Å². The molecule has 0 amide bonds. The van der Waals surface area contributed by atoms with Crippen LogP contribution in [0.4, 0.5) is 5.69 Å². The number of hydrogen-bond donors (Lipinski definition) is 0. The minimum Gasteiger partial charge on any atom is -0.371 e. The number of hydrogen-bond acceptors (Lipinski definition) is 2. The van der Waals surface area contributed by atoms with Crippen molar-refractivity contribution in [1.29, 1.82) is 5.26 Å². The molecule has 0 aliphatic carbocycles. The van der Waals surface area contributed by atoms with Gasteiger partial charge in [0.15, 0.2) is 0 Å². The molecule has 0 saturated carbocycles. The van der Waals surface area contributed by atoms with Crippen molar-refractivity contribution in [2.75, 3.05) is 18.0 Å². The van der Waals surface area contributed by atoms with Crippen molar-refractivity contribution in [1.82, 2.24) is 0 Å². The second kappa shape index (κ2) is 5.42. The quantitative estimate of drug-likeness (QED) is 0.792. The molecule has 1 fully saturated rings. The molecule has 0 N–H and O–H groups in total. The highest BCUT2D eigenvalue weighted by atomic mass is 35.5. The standard InChI is InChI=1S/C14H17ClN2/c1-11(10-16)13-9-12(15)5-6-14(13)17-7-3-2-4-8-17/h5-6,9,11H,2-4,7-8H2,1H3. The zero-order valence-electron chi connectivity index (χ0n) is 10.1. The van der Waals surface area contributed by atoms with Gasteiger partial charge in [-0.1, -0.05) is 11.6 Å². The van der Waals surface area contributed by atoms with Crippen LogP contribution in [-0.4, -0.2) is 13.1 Å². The molecule has 17 heavy (non-hydrogen) atoms. The second-order valence-electron chi connectivity index (χ2n) is 4.60. The molecule has 1 aromatic carbocycles. The van der Waals surface area contributed by atoms with Gasteiger partial charge in [-0.25, -0.2) is 0 Å². The van der Waals surface area contributed by atoms with Crippen LogP contribution in [-0.2, 0) is 0 Å². The van der Waals surface area contributed by atoms with E-state index < -0.39 is 0 Å². The number of anilines is 1. The molecule has 0 spiro atoms. The first-order valence-electron chi connectivity index (χ1n) is 6.16. The van der Waals surface area contributed by atoms with Gasteiger partial charge < -0.3 is 4.90 Å². The monoisotopic (exact) mass is 248 g/mol. The molecule has 1 saturated heterocycles. The van der Waals surface area contributed by atoms with Gasteiger partial charge in [-0.3, -0.25) is 0 Å². The number of piperidine rings is 1. The Balaban J connectivity index is 2.35. The van der Waals surface area contributed by atoms with Crippen LogP contribution in [0.3, 0.4) is 0 Å². The van der Waals surface area contributed by atoms with Gasteiger partial charge in [0.2, 0.25) is 0 Å². The maximum Gasteiger partial charge on any atom is 0.0705 e. The summed E-state index contributed by atoms with van der Waals surface area (Å²) in [5, 5.41) is 9.80. The molecule has 3 heteroatoms. The lowest BCUT2D eigenvalue weighted by atomic mass is 9.98. The summed E-state index contributed by atoms with van der Waals surface area (Å²) in [4.78, 5) is 2.38. The summed E-state index contributed by atoms with van der Waals surface area (Å²) in [7, 11) is 0. The first-order chi connectivity index (χ1) is 8.22. The molecule has 0 aromatic heterocycles. The van der Waals surface area contributed by atoms with Gasteiger partial charge in [0.25, 0.3) is 0 Å². The summed E-state index contributed by atoms with van der Waals surface area (Å²) in [5.41, 5.74) is 2.24. The highest BCUT2D eigenvalue weighted by Crippen LogP contribution is 2.31. The molecule has 90 valence electrons. The van der Waals surface area contributed by atoms with Crippen LogP contribution < -0.4 is 4.90 Å². The third-order valence-electron chi connectivity index (χ3n) is 3.35. The van der Waals surface area contributed by atoms with Crippen LogP contribution in [0.1, 0.15) is 37.7 Å². The van der Waals surface area contributed by atoms with Crippen LogP contribution in [0, 0.1) is 11.3 Å². The van der Waals surface area contributed by atoms with Crippen LogP contribution in [0.15, 0.2) is 18.2 Å². The fourth-order valence-electron chi connectivity index (χ4n) is 2.36. The zero-order chi connectivity index (χ0) is 12.3. The minimum absolute atomic E-state index is 0.106. The Morgan fingerprint density at radius 2 is 2.00 bits per heavy atom. The van der Waals surface area contributed by atoms with Gasteiger partial charge in [-0.2, -0.15) is 5.26 Å². The van der Waals surface area contributed by atoms with E-state index in [4.69, 9.17) is 16.9 Å². The van der Waals surface area contributed by atoms with Gasteiger partial charge in [0.1, 0.15) is 0 Å². The predicted octanol–water partition coefficient (Wildman–Crippen LogP) is 3.96. The van der Waals surface area contributed by atoms with Crippen LogP contribution in [0.25, 0.3) is 0 Å². The van der Waals surface area contributed by atoms with Crippen molar-refractivity contribution in [3.63, 3.8) is 0 Å². The van der Waals surface area contributed by atoms with Gasteiger partial charge in [-0.15, -0.1) is 0 Å². The van der Waals surface area contributed by atoms with E-state index in [1.54, 1.807) is 0 Å². The molecule has 2 rings (SSSR count). The van der Waals surface area contributed by atoms with Crippen molar-refractivity contribution in [2.45, 2.75) is 32.1 Å². The Bertz CT molecular complexity index is 430. The number of benzene rings is 1. The highest BCUT2D eigenvalue weighted by molar-refractivity contribution is 6.30. The first-order valence-corrected chi connectivity index (χ1v) is 6.54. The lowest BCUT2D eigenvalue weighted by molar-refractivity contribution is 0.576. The van der Waals surface area contributed by atoms with E-state index in [0.717, 1.165) is 18.7 Å². The summed E-state index contributed by atoms with van der Waals surface area (Å²) in [6.45, 7) is 4.11. The third kappa shape index (κ3) is 2.73. The number of halogens is 1. The van der Waals surface area contributed by atoms with Crippen molar-refractivity contribution < 1.29 is 0 Å². The van der Waals surface area contributed by atoms with Crippen LogP contribution in [0.2, 0.25) is 5.02 Å². The predicted molar refractivity (Wildman–Crippen MR) is 71.5 cm³/mol. The Hall–Kier alpha value is -1.20. The van der Waals surface area contributed by atoms with E-state index in [-0.39, 0.29) is 5.92 Å². The molecular formula is C14H17ClN2. The topological polar surface area (TPSA) is 27.0 Å². The molecule has 1 aliphatic heterocycles. The zero-order valence-corrected chi connectivity index (χ0v) is 10.9. The largest absolute Gasteiger partial charge is 0.371 e. The fraction of sp³-hybridized carbons (Fsp3) is 0.500. The average Bonchev–Trinajstić information content (AvgIpc) is 2.38. The normalized spacial score (nSPS) is 17.6. The summed E-state index contributed by atoms with van der Waals surface area (Å²) in [6.07, 6.45) is 3.79. The Morgan fingerprint density at radius 3 is 2.65 bits per heavy atom. The maximum absolute atomic E-state index is 9.09. The third-order valence-corrected chi connectivity index (χ3v) is 3.58. The molecule has 1 unspecified atom stereocenters. The smallest absolute Gasteiger partial charge is 0.0705 e. The molecule has 0 radical (unpaired) electrons. The number of nitrogens with zero attached hydrogens (tertiary/aromatic N) is 2. The Morgan fingerprint density at radius 1 is 1.29 bits per heavy atom. The minimum atomic E-state index is -0.106. The van der Waals surface area contributed by atoms with E-state index >= 15 is 0 Å². The van der Waals surface area contributed by atoms with Crippen LogP contribution >= 0.6 is 11.6 Å². The molecule has 1 heterocycles. The lowest BCUT2D eigenvalue weighted by Crippen LogP contribution is -2.30. The molecule has 1 atom stereocenters. The summed E-state index contributed by atoms with van der Waals surface area (Å²) < 4.78 is 0. The SMILES string of the molecule is CC(C#N)c1cc(Cl)ccc1N1CCCCC1. The number of nitriles is 1. The fourth-order valence-corrected chi connectivity index (χ4v) is 2.55. The van der Waals surface area contributed by atoms with Gasteiger partial charge in [0.05, 0.1) is 12.0 Å². The highest BCUT2D eigenvalue weighted by Gasteiger charge is 2.17. The first kappa shape index (κ1) is 12.3. The number of rotatable bonds is 2. The molecule has 1 aromatic rings. The summed E-state index contributed by atoms with van der Waals surface area (Å²) in [6, 6.07) is 8.20. The maximum atomic E-state index is 9.09. The Labute approximate surface area is 108 Å². The van der Waals surface area contributed by atoms with Gasteiger partial charge in [0, 0.05) is 23.8 Å². The van der Waals surface area contributed by atoms with Crippen molar-refractivity contribution in [3.8, 4) is 6.07 Å². The lowest BCUT2D eigenvalue weighted by Gasteiger charge is -2.31. The molecule has 2 nitrogen and oxygen atoms in total.